The maximum absolute atomic E-state index is 12.0. The standard InChI is InChI=1S/C15H22N2O3/c1-2-20-13-7-5-12(6-8-13)16-14(19)17-15(11-18)9-3-4-10-15/h5-8,18H,2-4,9-11H2,1H3,(H2,16,17,19). The number of rotatable bonds is 5. The summed E-state index contributed by atoms with van der Waals surface area (Å²) in [6.07, 6.45) is 3.76. The van der Waals surface area contributed by atoms with Gasteiger partial charge in [0.2, 0.25) is 0 Å². The van der Waals surface area contributed by atoms with E-state index >= 15 is 0 Å². The third-order valence-electron chi connectivity index (χ3n) is 3.67. The summed E-state index contributed by atoms with van der Waals surface area (Å²) in [5.41, 5.74) is 0.257. The van der Waals surface area contributed by atoms with Gasteiger partial charge in [-0.3, -0.25) is 0 Å². The van der Waals surface area contributed by atoms with Gasteiger partial charge in [0, 0.05) is 5.69 Å². The van der Waals surface area contributed by atoms with Gasteiger partial charge in [-0.1, -0.05) is 12.8 Å². The Labute approximate surface area is 119 Å². The fourth-order valence-corrected chi connectivity index (χ4v) is 2.58. The molecule has 1 aliphatic rings. The van der Waals surface area contributed by atoms with Gasteiger partial charge in [0.05, 0.1) is 18.8 Å². The quantitative estimate of drug-likeness (QED) is 0.775. The van der Waals surface area contributed by atoms with Gasteiger partial charge >= 0.3 is 6.03 Å². The maximum Gasteiger partial charge on any atom is 0.319 e. The Kier molecular flexibility index (Phi) is 4.84. The number of aliphatic hydroxyl groups is 1. The summed E-state index contributed by atoms with van der Waals surface area (Å²) in [6, 6.07) is 6.95. The Hall–Kier alpha value is -1.75. The van der Waals surface area contributed by atoms with Crippen molar-refractivity contribution < 1.29 is 14.6 Å². The fourth-order valence-electron chi connectivity index (χ4n) is 2.58. The number of anilines is 1. The first-order valence-electron chi connectivity index (χ1n) is 7.10. The van der Waals surface area contributed by atoms with Crippen LogP contribution < -0.4 is 15.4 Å². The van der Waals surface area contributed by atoms with Gasteiger partial charge in [-0.25, -0.2) is 4.79 Å². The lowest BCUT2D eigenvalue weighted by molar-refractivity contribution is 0.167. The molecule has 3 N–H and O–H groups in total. The van der Waals surface area contributed by atoms with Crippen molar-refractivity contribution in [3.63, 3.8) is 0 Å². The van der Waals surface area contributed by atoms with Crippen molar-refractivity contribution in [3.05, 3.63) is 24.3 Å². The number of hydrogen-bond donors (Lipinski definition) is 3. The van der Waals surface area contributed by atoms with Crippen LogP contribution >= 0.6 is 0 Å². The van der Waals surface area contributed by atoms with Gasteiger partial charge < -0.3 is 20.5 Å². The van der Waals surface area contributed by atoms with E-state index in [4.69, 9.17) is 4.74 Å². The lowest BCUT2D eigenvalue weighted by Gasteiger charge is -2.27. The summed E-state index contributed by atoms with van der Waals surface area (Å²) >= 11 is 0. The van der Waals surface area contributed by atoms with E-state index in [2.05, 4.69) is 10.6 Å². The molecule has 1 aromatic rings. The first-order chi connectivity index (χ1) is 9.67. The SMILES string of the molecule is CCOc1ccc(NC(=O)NC2(CO)CCCC2)cc1. The van der Waals surface area contributed by atoms with E-state index in [-0.39, 0.29) is 12.6 Å². The van der Waals surface area contributed by atoms with E-state index < -0.39 is 5.54 Å². The number of hydrogen-bond acceptors (Lipinski definition) is 3. The zero-order valence-electron chi connectivity index (χ0n) is 11.8. The van der Waals surface area contributed by atoms with Crippen LogP contribution in [-0.2, 0) is 0 Å². The molecule has 0 bridgehead atoms. The predicted octanol–water partition coefficient (Wildman–Crippen LogP) is 2.51. The van der Waals surface area contributed by atoms with Crippen molar-refractivity contribution in [3.8, 4) is 5.75 Å². The van der Waals surface area contributed by atoms with Crippen LogP contribution in [0.25, 0.3) is 0 Å². The van der Waals surface area contributed by atoms with Gasteiger partial charge in [0.15, 0.2) is 0 Å². The molecule has 0 aromatic heterocycles. The van der Waals surface area contributed by atoms with E-state index in [1.54, 1.807) is 12.1 Å². The average Bonchev–Trinajstić information content (AvgIpc) is 2.90. The molecular weight excluding hydrogens is 256 g/mol. The highest BCUT2D eigenvalue weighted by Crippen LogP contribution is 2.29. The molecule has 5 heteroatoms. The van der Waals surface area contributed by atoms with Crippen molar-refractivity contribution in [2.75, 3.05) is 18.5 Å². The summed E-state index contributed by atoms with van der Waals surface area (Å²) in [5.74, 6) is 0.779. The number of carbonyl (C=O) groups excluding carboxylic acids is 1. The van der Waals surface area contributed by atoms with E-state index in [0.29, 0.717) is 12.3 Å². The summed E-state index contributed by atoms with van der Waals surface area (Å²) in [4.78, 5) is 12.0. The number of carbonyl (C=O) groups is 1. The Morgan fingerprint density at radius 3 is 2.50 bits per heavy atom. The first-order valence-corrected chi connectivity index (χ1v) is 7.10. The van der Waals surface area contributed by atoms with E-state index in [9.17, 15) is 9.90 Å². The third kappa shape index (κ3) is 3.63. The van der Waals surface area contributed by atoms with Crippen molar-refractivity contribution in [1.82, 2.24) is 5.32 Å². The molecule has 2 amide bonds. The van der Waals surface area contributed by atoms with Gasteiger partial charge in [-0.2, -0.15) is 0 Å². The second-order valence-corrected chi connectivity index (χ2v) is 5.18. The largest absolute Gasteiger partial charge is 0.494 e. The zero-order chi connectivity index (χ0) is 14.4. The van der Waals surface area contributed by atoms with Gasteiger partial charge in [-0.15, -0.1) is 0 Å². The first kappa shape index (κ1) is 14.7. The molecule has 20 heavy (non-hydrogen) atoms. The molecule has 0 radical (unpaired) electrons. The van der Waals surface area contributed by atoms with E-state index in [0.717, 1.165) is 31.4 Å². The number of amides is 2. The van der Waals surface area contributed by atoms with Crippen LogP contribution in [0.4, 0.5) is 10.5 Å². The third-order valence-corrected chi connectivity index (χ3v) is 3.67. The van der Waals surface area contributed by atoms with Crippen molar-refractivity contribution in [1.29, 1.82) is 0 Å². The summed E-state index contributed by atoms with van der Waals surface area (Å²) in [6.45, 7) is 2.53. The van der Waals surface area contributed by atoms with Crippen LogP contribution in [0, 0.1) is 0 Å². The summed E-state index contributed by atoms with van der Waals surface area (Å²) < 4.78 is 5.35. The number of ether oxygens (including phenoxy) is 1. The normalized spacial score (nSPS) is 16.7. The minimum Gasteiger partial charge on any atom is -0.494 e. The predicted molar refractivity (Wildman–Crippen MR) is 78.1 cm³/mol. The van der Waals surface area contributed by atoms with Crippen molar-refractivity contribution >= 4 is 11.7 Å². The Morgan fingerprint density at radius 1 is 1.30 bits per heavy atom. The van der Waals surface area contributed by atoms with E-state index in [1.165, 1.54) is 0 Å². The molecule has 1 aliphatic carbocycles. The molecule has 1 aromatic carbocycles. The lowest BCUT2D eigenvalue weighted by atomic mass is 9.99. The number of urea groups is 1. The van der Waals surface area contributed by atoms with Crippen LogP contribution in [0.3, 0.4) is 0 Å². The highest BCUT2D eigenvalue weighted by atomic mass is 16.5. The Bertz CT molecular complexity index is 439. The average molecular weight is 278 g/mol. The lowest BCUT2D eigenvalue weighted by Crippen LogP contribution is -2.50. The van der Waals surface area contributed by atoms with Crippen LogP contribution in [0.1, 0.15) is 32.6 Å². The van der Waals surface area contributed by atoms with Crippen LogP contribution in [-0.4, -0.2) is 29.9 Å². The molecule has 0 unspecified atom stereocenters. The molecule has 0 saturated heterocycles. The molecule has 1 fully saturated rings. The summed E-state index contributed by atoms with van der Waals surface area (Å²) in [5, 5.41) is 15.1. The number of aliphatic hydroxyl groups excluding tert-OH is 1. The molecule has 5 nitrogen and oxygen atoms in total. The van der Waals surface area contributed by atoms with E-state index in [1.807, 2.05) is 19.1 Å². The minimum atomic E-state index is -0.449. The maximum atomic E-state index is 12.0. The Balaban J connectivity index is 1.90. The topological polar surface area (TPSA) is 70.6 Å². The van der Waals surface area contributed by atoms with Crippen molar-refractivity contribution in [2.45, 2.75) is 38.1 Å². The molecule has 0 aliphatic heterocycles. The molecule has 0 atom stereocenters. The zero-order valence-corrected chi connectivity index (χ0v) is 11.8. The second kappa shape index (κ2) is 6.61. The van der Waals surface area contributed by atoms with Gasteiger partial charge in [-0.05, 0) is 44.0 Å². The molecule has 0 heterocycles. The Morgan fingerprint density at radius 2 is 1.95 bits per heavy atom. The van der Waals surface area contributed by atoms with Crippen LogP contribution in [0.5, 0.6) is 5.75 Å². The molecular formula is C15H22N2O3. The smallest absolute Gasteiger partial charge is 0.319 e. The van der Waals surface area contributed by atoms with Gasteiger partial charge in [0.25, 0.3) is 0 Å². The second-order valence-electron chi connectivity index (χ2n) is 5.18. The summed E-state index contributed by atoms with van der Waals surface area (Å²) in [7, 11) is 0. The van der Waals surface area contributed by atoms with Crippen LogP contribution in [0.2, 0.25) is 0 Å². The van der Waals surface area contributed by atoms with Crippen LogP contribution in [0.15, 0.2) is 24.3 Å². The highest BCUT2D eigenvalue weighted by molar-refractivity contribution is 5.89. The fraction of sp³-hybridized carbons (Fsp3) is 0.533. The number of nitrogens with one attached hydrogen (secondary N) is 2. The molecule has 0 spiro atoms. The molecule has 2 rings (SSSR count). The van der Waals surface area contributed by atoms with Gasteiger partial charge in [0.1, 0.15) is 5.75 Å². The molecule has 110 valence electrons. The van der Waals surface area contributed by atoms with Crippen molar-refractivity contribution in [2.24, 2.45) is 0 Å². The molecule has 1 saturated carbocycles. The minimum absolute atomic E-state index is 0.0102. The number of benzene rings is 1. The monoisotopic (exact) mass is 278 g/mol. The highest BCUT2D eigenvalue weighted by Gasteiger charge is 2.34.